The van der Waals surface area contributed by atoms with Crippen molar-refractivity contribution in [2.45, 2.75) is 31.3 Å². The van der Waals surface area contributed by atoms with Crippen LogP contribution in [0, 0.1) is 0 Å². The van der Waals surface area contributed by atoms with Gasteiger partial charge in [0.05, 0.1) is 19.3 Å². The molecule has 2 aliphatic rings. The maximum atomic E-state index is 12.4. The Morgan fingerprint density at radius 2 is 1.66 bits per heavy atom. The van der Waals surface area contributed by atoms with Gasteiger partial charge in [0, 0.05) is 22.3 Å². The van der Waals surface area contributed by atoms with Gasteiger partial charge in [-0.3, -0.25) is 10.1 Å². The zero-order valence-electron chi connectivity index (χ0n) is 19.0. The van der Waals surface area contributed by atoms with Gasteiger partial charge in [-0.25, -0.2) is 4.79 Å². The Kier molecular flexibility index (Phi) is 6.63. The normalized spacial score (nSPS) is 22.9. The van der Waals surface area contributed by atoms with Gasteiger partial charge in [0.15, 0.2) is 17.0 Å². The van der Waals surface area contributed by atoms with Crippen molar-refractivity contribution < 1.29 is 23.8 Å². The molecule has 0 aliphatic carbocycles. The topological polar surface area (TPSA) is 97.9 Å². The van der Waals surface area contributed by atoms with E-state index in [-0.39, 0.29) is 24.5 Å². The molecule has 0 spiro atoms. The van der Waals surface area contributed by atoms with E-state index in [0.717, 1.165) is 16.5 Å². The number of hydrogen-bond donors (Lipinski definition) is 3. The fraction of sp³-hybridized carbons (Fsp3) is 0.269. The molecule has 1 amide bonds. The van der Waals surface area contributed by atoms with Crippen LogP contribution in [0.15, 0.2) is 66.7 Å². The Labute approximate surface area is 207 Å². The van der Waals surface area contributed by atoms with E-state index in [1.165, 1.54) is 6.92 Å². The lowest BCUT2D eigenvalue weighted by Gasteiger charge is -2.20. The number of amides is 1. The summed E-state index contributed by atoms with van der Waals surface area (Å²) in [6, 6.07) is 20.5. The average Bonchev–Trinajstić information content (AvgIpc) is 3.43. The first-order valence-electron chi connectivity index (χ1n) is 11.3. The molecule has 3 aromatic rings. The Hall–Kier alpha value is -3.53. The van der Waals surface area contributed by atoms with Gasteiger partial charge in [-0.1, -0.05) is 36.4 Å². The highest BCUT2D eigenvalue weighted by molar-refractivity contribution is 7.80. The van der Waals surface area contributed by atoms with Crippen LogP contribution in [0.2, 0.25) is 0 Å². The van der Waals surface area contributed by atoms with Crippen LogP contribution in [0.3, 0.4) is 0 Å². The third kappa shape index (κ3) is 5.12. The molecule has 5 rings (SSSR count). The molecule has 35 heavy (non-hydrogen) atoms. The van der Waals surface area contributed by atoms with Crippen molar-refractivity contribution in [3.05, 3.63) is 72.3 Å². The number of hydrogen-bond acceptors (Lipinski definition) is 6. The van der Waals surface area contributed by atoms with Gasteiger partial charge in [-0.05, 0) is 54.9 Å². The third-order valence-electron chi connectivity index (χ3n) is 6.16. The predicted octanol–water partition coefficient (Wildman–Crippen LogP) is 4.11. The molecular formula is C26H25N3O5S. The van der Waals surface area contributed by atoms with Gasteiger partial charge in [-0.15, -0.1) is 0 Å². The molecule has 0 bridgehead atoms. The van der Waals surface area contributed by atoms with Gasteiger partial charge in [-0.2, -0.15) is 0 Å². The first kappa shape index (κ1) is 23.2. The van der Waals surface area contributed by atoms with Crippen LogP contribution in [0.1, 0.15) is 17.3 Å². The molecule has 9 heteroatoms. The van der Waals surface area contributed by atoms with E-state index >= 15 is 0 Å². The number of fused-ring (bicyclic) bond motifs is 2. The fourth-order valence-corrected chi connectivity index (χ4v) is 4.68. The Morgan fingerprint density at radius 3 is 2.46 bits per heavy atom. The number of Topliss-reactive ketones (excluding diaryl/α,β-unsaturated/α-hetero) is 1. The molecular weight excluding hydrogens is 466 g/mol. The molecule has 2 saturated heterocycles. The number of thiocarbonyl (C=S) groups is 1. The number of nitrogens with one attached hydrogen (secondary N) is 3. The minimum atomic E-state index is -0.608. The van der Waals surface area contributed by atoms with Crippen LogP contribution >= 0.6 is 12.2 Å². The lowest BCUT2D eigenvalue weighted by Crippen LogP contribution is -2.46. The van der Waals surface area contributed by atoms with E-state index in [4.69, 9.17) is 26.4 Å². The number of rotatable bonds is 5. The molecule has 2 aliphatic heterocycles. The molecule has 3 aromatic carbocycles. The molecule has 0 saturated carbocycles. The molecule has 0 unspecified atom stereocenters. The summed E-state index contributed by atoms with van der Waals surface area (Å²) >= 11 is 5.54. The molecule has 0 radical (unpaired) electrons. The zero-order chi connectivity index (χ0) is 24.4. The lowest BCUT2D eigenvalue weighted by molar-refractivity contribution is 0.00880. The number of ketones is 1. The van der Waals surface area contributed by atoms with Crippen LogP contribution < -0.4 is 16.0 Å². The van der Waals surface area contributed by atoms with Gasteiger partial charge >= 0.3 is 6.09 Å². The summed E-state index contributed by atoms with van der Waals surface area (Å²) in [5, 5.41) is 11.9. The summed E-state index contributed by atoms with van der Waals surface area (Å²) in [5.74, 6) is -0.0402. The Balaban J connectivity index is 1.15. The van der Waals surface area contributed by atoms with Crippen molar-refractivity contribution in [3.63, 3.8) is 0 Å². The van der Waals surface area contributed by atoms with E-state index in [0.29, 0.717) is 23.0 Å². The highest BCUT2D eigenvalue weighted by atomic mass is 32.1. The largest absolute Gasteiger partial charge is 0.441 e. The van der Waals surface area contributed by atoms with Crippen molar-refractivity contribution in [2.75, 3.05) is 23.8 Å². The molecule has 180 valence electrons. The van der Waals surface area contributed by atoms with E-state index in [2.05, 4.69) is 28.1 Å². The maximum absolute atomic E-state index is 12.4. The second-order valence-corrected chi connectivity index (χ2v) is 8.94. The summed E-state index contributed by atoms with van der Waals surface area (Å²) in [6.45, 7) is 2.09. The third-order valence-corrected chi connectivity index (χ3v) is 6.38. The summed E-state index contributed by atoms with van der Waals surface area (Å²) in [7, 11) is 0. The highest BCUT2D eigenvalue weighted by Gasteiger charge is 2.49. The van der Waals surface area contributed by atoms with E-state index in [1.54, 1.807) is 24.3 Å². The van der Waals surface area contributed by atoms with Gasteiger partial charge in [0.2, 0.25) is 0 Å². The molecule has 4 atom stereocenters. The molecule has 8 nitrogen and oxygen atoms in total. The minimum absolute atomic E-state index is 0.0402. The number of carbonyl (C=O) groups is 2. The number of ether oxygens (including phenoxy) is 3. The molecule has 2 heterocycles. The van der Waals surface area contributed by atoms with Crippen molar-refractivity contribution in [1.82, 2.24) is 5.32 Å². The predicted molar refractivity (Wildman–Crippen MR) is 137 cm³/mol. The standard InChI is InChI=1S/C26H25N3O5S/c1-15(30)16-9-11-18(12-10-16)27-26(31)34-22-14-33-23-21(13-32-24(22)23)29-25(35)28-20-8-4-6-17-5-2-3-7-19(17)20/h2-12,21-24H,13-14H2,1H3,(H,27,31)(H2,28,29,35)/t21-,22-,23-,24+/m0/s1. The van der Waals surface area contributed by atoms with Crippen LogP contribution in [0.5, 0.6) is 0 Å². The maximum Gasteiger partial charge on any atom is 0.412 e. The molecule has 3 N–H and O–H groups in total. The second-order valence-electron chi connectivity index (χ2n) is 8.53. The van der Waals surface area contributed by atoms with E-state index in [1.807, 2.05) is 30.3 Å². The Bertz CT molecular complexity index is 1260. The smallest absolute Gasteiger partial charge is 0.412 e. The van der Waals surface area contributed by atoms with Crippen molar-refractivity contribution in [2.24, 2.45) is 0 Å². The van der Waals surface area contributed by atoms with Crippen LogP contribution in [0.25, 0.3) is 10.8 Å². The fourth-order valence-electron chi connectivity index (χ4n) is 4.42. The van der Waals surface area contributed by atoms with Crippen molar-refractivity contribution in [1.29, 1.82) is 0 Å². The second kappa shape index (κ2) is 9.99. The lowest BCUT2D eigenvalue weighted by atomic mass is 10.1. The van der Waals surface area contributed by atoms with Gasteiger partial charge < -0.3 is 24.8 Å². The van der Waals surface area contributed by atoms with Gasteiger partial charge in [0.25, 0.3) is 0 Å². The minimum Gasteiger partial charge on any atom is -0.441 e. The average molecular weight is 492 g/mol. The summed E-state index contributed by atoms with van der Waals surface area (Å²) in [5.41, 5.74) is 2.02. The van der Waals surface area contributed by atoms with Crippen LogP contribution in [-0.2, 0) is 14.2 Å². The first-order chi connectivity index (χ1) is 17.0. The highest BCUT2D eigenvalue weighted by Crippen LogP contribution is 2.30. The monoisotopic (exact) mass is 491 g/mol. The number of carbonyl (C=O) groups excluding carboxylic acids is 2. The van der Waals surface area contributed by atoms with Gasteiger partial charge in [0.1, 0.15) is 12.2 Å². The number of anilines is 2. The Morgan fingerprint density at radius 1 is 0.914 bits per heavy atom. The SMILES string of the molecule is CC(=O)c1ccc(NC(=O)O[C@H]2CO[C@@H]3[C@@H]2OC[C@@H]3NC(=S)Nc2cccc3ccccc23)cc1. The van der Waals surface area contributed by atoms with E-state index < -0.39 is 18.3 Å². The van der Waals surface area contributed by atoms with Crippen molar-refractivity contribution >= 4 is 51.4 Å². The first-order valence-corrected chi connectivity index (χ1v) is 11.8. The molecule has 2 fully saturated rings. The van der Waals surface area contributed by atoms with E-state index in [9.17, 15) is 9.59 Å². The summed E-state index contributed by atoms with van der Waals surface area (Å²) in [6.07, 6.45) is -1.83. The van der Waals surface area contributed by atoms with Crippen LogP contribution in [-0.4, -0.2) is 54.6 Å². The number of benzene rings is 3. The van der Waals surface area contributed by atoms with Crippen molar-refractivity contribution in [3.8, 4) is 0 Å². The quantitative estimate of drug-likeness (QED) is 0.362. The van der Waals surface area contributed by atoms with Crippen LogP contribution in [0.4, 0.5) is 16.2 Å². The summed E-state index contributed by atoms with van der Waals surface area (Å²) < 4.78 is 17.4. The summed E-state index contributed by atoms with van der Waals surface area (Å²) in [4.78, 5) is 23.8. The molecule has 0 aromatic heterocycles. The zero-order valence-corrected chi connectivity index (χ0v) is 19.8.